The van der Waals surface area contributed by atoms with E-state index in [1.165, 1.54) is 17.3 Å². The van der Waals surface area contributed by atoms with Crippen molar-refractivity contribution in [2.45, 2.75) is 6.92 Å². The van der Waals surface area contributed by atoms with Gasteiger partial charge in [0.25, 0.3) is 0 Å². The zero-order valence-corrected chi connectivity index (χ0v) is 11.4. The van der Waals surface area contributed by atoms with Crippen LogP contribution in [0.3, 0.4) is 0 Å². The van der Waals surface area contributed by atoms with E-state index in [-0.39, 0.29) is 0 Å². The fraction of sp³-hybridized carbons (Fsp3) is 0.0625. The molecule has 0 radical (unpaired) electrons. The molecular weight excluding hydrogens is 264 g/mol. The highest BCUT2D eigenvalue weighted by Crippen LogP contribution is 2.25. The van der Waals surface area contributed by atoms with Gasteiger partial charge in [-0.05, 0) is 29.8 Å². The number of rotatable bonds is 2. The van der Waals surface area contributed by atoms with Crippen LogP contribution in [0.4, 0.5) is 0 Å². The summed E-state index contributed by atoms with van der Waals surface area (Å²) in [7, 11) is 0. The minimum atomic E-state index is 0.539. The van der Waals surface area contributed by atoms with E-state index in [1.54, 1.807) is 16.9 Å². The predicted molar refractivity (Wildman–Crippen MR) is 79.5 cm³/mol. The lowest BCUT2D eigenvalue weighted by atomic mass is 10.1. The Balaban J connectivity index is 1.78. The molecule has 5 heteroatoms. The Bertz CT molecular complexity index is 945. The van der Waals surface area contributed by atoms with E-state index in [2.05, 4.69) is 40.2 Å². The van der Waals surface area contributed by atoms with Gasteiger partial charge in [-0.25, -0.2) is 4.98 Å². The van der Waals surface area contributed by atoms with E-state index in [0.717, 1.165) is 11.1 Å². The molecule has 0 unspecified atom stereocenters. The van der Waals surface area contributed by atoms with Gasteiger partial charge in [-0.15, -0.1) is 0 Å². The van der Waals surface area contributed by atoms with Gasteiger partial charge in [-0.2, -0.15) is 9.61 Å². The molecule has 2 aromatic heterocycles. The number of fused-ring (bicyclic) bond motifs is 2. The Hall–Kier alpha value is -2.95. The number of benzene rings is 2. The van der Waals surface area contributed by atoms with Crippen LogP contribution >= 0.6 is 0 Å². The van der Waals surface area contributed by atoms with Crippen LogP contribution in [-0.4, -0.2) is 19.6 Å². The SMILES string of the molecule is Cc1ccc2ccc(Oc3cncc4ncnn34)cc2c1. The molecule has 0 amide bonds. The maximum atomic E-state index is 5.90. The summed E-state index contributed by atoms with van der Waals surface area (Å²) in [4.78, 5) is 8.20. The standard InChI is InChI=1S/C16H12N4O/c1-11-2-3-12-4-5-14(7-13(12)6-11)21-16-9-17-8-15-18-10-19-20(15)16/h2-10H,1H3. The first-order valence-electron chi connectivity index (χ1n) is 6.62. The number of hydrogen-bond acceptors (Lipinski definition) is 4. The van der Waals surface area contributed by atoms with E-state index in [1.807, 2.05) is 18.2 Å². The lowest BCUT2D eigenvalue weighted by Crippen LogP contribution is -1.96. The van der Waals surface area contributed by atoms with Crippen molar-refractivity contribution in [3.8, 4) is 11.6 Å². The maximum Gasteiger partial charge on any atom is 0.241 e. The lowest BCUT2D eigenvalue weighted by Gasteiger charge is -2.07. The normalized spacial score (nSPS) is 11.1. The first-order chi connectivity index (χ1) is 10.3. The van der Waals surface area contributed by atoms with E-state index >= 15 is 0 Å². The molecule has 0 saturated carbocycles. The molecule has 2 aromatic carbocycles. The summed E-state index contributed by atoms with van der Waals surface area (Å²) < 4.78 is 7.51. The Morgan fingerprint density at radius 2 is 1.90 bits per heavy atom. The molecule has 0 fully saturated rings. The Kier molecular flexibility index (Phi) is 2.57. The van der Waals surface area contributed by atoms with Crippen LogP contribution < -0.4 is 4.74 Å². The third kappa shape index (κ3) is 2.08. The van der Waals surface area contributed by atoms with E-state index in [9.17, 15) is 0 Å². The number of aromatic nitrogens is 4. The minimum absolute atomic E-state index is 0.539. The highest BCUT2D eigenvalue weighted by molar-refractivity contribution is 5.84. The molecule has 0 spiro atoms. The van der Waals surface area contributed by atoms with E-state index in [4.69, 9.17) is 4.74 Å². The zero-order chi connectivity index (χ0) is 14.2. The molecule has 0 atom stereocenters. The number of ether oxygens (including phenoxy) is 1. The predicted octanol–water partition coefficient (Wildman–Crippen LogP) is 3.38. The van der Waals surface area contributed by atoms with Crippen molar-refractivity contribution in [2.75, 3.05) is 0 Å². The smallest absolute Gasteiger partial charge is 0.241 e. The average Bonchev–Trinajstić information content (AvgIpc) is 2.96. The fourth-order valence-corrected chi connectivity index (χ4v) is 2.33. The molecular formula is C16H12N4O. The summed E-state index contributed by atoms with van der Waals surface area (Å²) >= 11 is 0. The summed E-state index contributed by atoms with van der Waals surface area (Å²) in [6, 6.07) is 12.3. The van der Waals surface area contributed by atoms with Crippen LogP contribution in [0.15, 0.2) is 55.1 Å². The van der Waals surface area contributed by atoms with Gasteiger partial charge in [0.15, 0.2) is 5.65 Å². The monoisotopic (exact) mass is 276 g/mol. The number of aryl methyl sites for hydroxylation is 1. The largest absolute Gasteiger partial charge is 0.437 e. The molecule has 0 saturated heterocycles. The summed E-state index contributed by atoms with van der Waals surface area (Å²) in [6.45, 7) is 2.08. The molecule has 21 heavy (non-hydrogen) atoms. The van der Waals surface area contributed by atoms with Gasteiger partial charge < -0.3 is 4.74 Å². The summed E-state index contributed by atoms with van der Waals surface area (Å²) in [5, 5.41) is 6.46. The second kappa shape index (κ2) is 4.56. The van der Waals surface area contributed by atoms with Crippen molar-refractivity contribution in [3.63, 3.8) is 0 Å². The van der Waals surface area contributed by atoms with Crippen molar-refractivity contribution in [2.24, 2.45) is 0 Å². The van der Waals surface area contributed by atoms with Crippen molar-refractivity contribution in [3.05, 3.63) is 60.7 Å². The third-order valence-corrected chi connectivity index (χ3v) is 3.35. The third-order valence-electron chi connectivity index (χ3n) is 3.35. The van der Waals surface area contributed by atoms with Gasteiger partial charge in [-0.1, -0.05) is 29.8 Å². The maximum absolute atomic E-state index is 5.90. The molecule has 0 aliphatic carbocycles. The van der Waals surface area contributed by atoms with Crippen LogP contribution in [0.5, 0.6) is 11.6 Å². The summed E-state index contributed by atoms with van der Waals surface area (Å²) in [5.74, 6) is 1.29. The van der Waals surface area contributed by atoms with Crippen LogP contribution in [0, 0.1) is 6.92 Å². The molecule has 0 N–H and O–H groups in total. The van der Waals surface area contributed by atoms with Crippen molar-refractivity contribution < 1.29 is 4.74 Å². The van der Waals surface area contributed by atoms with E-state index in [0.29, 0.717) is 11.5 Å². The van der Waals surface area contributed by atoms with Gasteiger partial charge in [0, 0.05) is 0 Å². The lowest BCUT2D eigenvalue weighted by molar-refractivity contribution is 0.445. The molecule has 0 aliphatic rings. The highest BCUT2D eigenvalue weighted by atomic mass is 16.5. The van der Waals surface area contributed by atoms with Crippen molar-refractivity contribution in [1.29, 1.82) is 0 Å². The molecule has 2 heterocycles. The van der Waals surface area contributed by atoms with Gasteiger partial charge in [0.2, 0.25) is 5.88 Å². The average molecular weight is 276 g/mol. The molecule has 4 rings (SSSR count). The Labute approximate surface area is 120 Å². The van der Waals surface area contributed by atoms with Crippen molar-refractivity contribution >= 4 is 16.4 Å². The molecule has 0 bridgehead atoms. The van der Waals surface area contributed by atoms with Crippen LogP contribution in [-0.2, 0) is 0 Å². The van der Waals surface area contributed by atoms with E-state index < -0.39 is 0 Å². The number of hydrogen-bond donors (Lipinski definition) is 0. The van der Waals surface area contributed by atoms with Gasteiger partial charge >= 0.3 is 0 Å². The first kappa shape index (κ1) is 11.8. The molecule has 102 valence electrons. The van der Waals surface area contributed by atoms with Gasteiger partial charge in [0.05, 0.1) is 12.4 Å². The topological polar surface area (TPSA) is 52.3 Å². The minimum Gasteiger partial charge on any atom is -0.437 e. The summed E-state index contributed by atoms with van der Waals surface area (Å²) in [6.07, 6.45) is 4.75. The molecule has 0 aliphatic heterocycles. The Morgan fingerprint density at radius 1 is 1.00 bits per heavy atom. The van der Waals surface area contributed by atoms with Crippen molar-refractivity contribution in [1.82, 2.24) is 19.6 Å². The van der Waals surface area contributed by atoms with Crippen LogP contribution in [0.25, 0.3) is 16.4 Å². The molecule has 5 nitrogen and oxygen atoms in total. The molecule has 4 aromatic rings. The second-order valence-corrected chi connectivity index (χ2v) is 4.89. The van der Waals surface area contributed by atoms with Gasteiger partial charge in [-0.3, -0.25) is 4.98 Å². The first-order valence-corrected chi connectivity index (χ1v) is 6.62. The summed E-state index contributed by atoms with van der Waals surface area (Å²) in [5.41, 5.74) is 1.88. The fourth-order valence-electron chi connectivity index (χ4n) is 2.33. The zero-order valence-electron chi connectivity index (χ0n) is 11.4. The van der Waals surface area contributed by atoms with Crippen LogP contribution in [0.2, 0.25) is 0 Å². The quantitative estimate of drug-likeness (QED) is 0.563. The number of nitrogens with zero attached hydrogens (tertiary/aromatic N) is 4. The Morgan fingerprint density at radius 3 is 2.86 bits per heavy atom. The van der Waals surface area contributed by atoms with Crippen LogP contribution in [0.1, 0.15) is 5.56 Å². The van der Waals surface area contributed by atoms with Gasteiger partial charge in [0.1, 0.15) is 12.1 Å². The highest BCUT2D eigenvalue weighted by Gasteiger charge is 2.06. The second-order valence-electron chi connectivity index (χ2n) is 4.89.